The number of carbonyl (C=O) groups is 1. The van der Waals surface area contributed by atoms with Crippen LogP contribution in [0.4, 0.5) is 0 Å². The second-order valence-corrected chi connectivity index (χ2v) is 4.83. The van der Waals surface area contributed by atoms with Crippen LogP contribution in [-0.2, 0) is 9.53 Å². The summed E-state index contributed by atoms with van der Waals surface area (Å²) in [5.41, 5.74) is 0. The molecule has 1 rings (SSSR count). The molecular weight excluding hydrogens is 188 g/mol. The lowest BCUT2D eigenvalue weighted by molar-refractivity contribution is -0.140. The van der Waals surface area contributed by atoms with Gasteiger partial charge < -0.3 is 9.84 Å². The number of ether oxygens (including phenoxy) is 1. The van der Waals surface area contributed by atoms with Gasteiger partial charge >= 0.3 is 5.97 Å². The molecule has 0 radical (unpaired) electrons. The molecule has 1 aliphatic heterocycles. The van der Waals surface area contributed by atoms with Gasteiger partial charge in [-0.05, 0) is 31.4 Å². The van der Waals surface area contributed by atoms with Gasteiger partial charge in [0.2, 0.25) is 0 Å². The van der Waals surface area contributed by atoms with E-state index in [-0.39, 0.29) is 0 Å². The number of hydrogen-bond donors (Lipinski definition) is 1. The zero-order chi connectivity index (χ0) is 9.73. The van der Waals surface area contributed by atoms with Crippen LogP contribution < -0.4 is 0 Å². The summed E-state index contributed by atoms with van der Waals surface area (Å²) in [6, 6.07) is 0. The Bertz CT molecular complexity index is 176. The molecule has 0 amide bonds. The summed E-state index contributed by atoms with van der Waals surface area (Å²) in [4.78, 5) is 11.1. The molecule has 1 saturated heterocycles. The fourth-order valence-corrected chi connectivity index (χ4v) is 3.05. The van der Waals surface area contributed by atoms with E-state index in [1.807, 2.05) is 0 Å². The molecule has 1 N–H and O–H groups in total. The molecule has 0 aliphatic carbocycles. The van der Waals surface area contributed by atoms with Gasteiger partial charge in [0, 0.05) is 13.7 Å². The zero-order valence-corrected chi connectivity index (χ0v) is 8.73. The Hall–Kier alpha value is -0.220. The first-order valence-corrected chi connectivity index (χ1v) is 5.56. The van der Waals surface area contributed by atoms with Crippen molar-refractivity contribution >= 4 is 17.7 Å². The van der Waals surface area contributed by atoms with Crippen LogP contribution in [0.15, 0.2) is 0 Å². The molecule has 0 aromatic carbocycles. The van der Waals surface area contributed by atoms with Crippen LogP contribution in [0.25, 0.3) is 0 Å². The van der Waals surface area contributed by atoms with Gasteiger partial charge in [-0.25, -0.2) is 0 Å². The third kappa shape index (κ3) is 2.61. The maximum Gasteiger partial charge on any atom is 0.319 e. The highest BCUT2D eigenvalue weighted by molar-refractivity contribution is 8.01. The van der Waals surface area contributed by atoms with Gasteiger partial charge in [-0.3, -0.25) is 4.79 Å². The van der Waals surface area contributed by atoms with Crippen molar-refractivity contribution in [3.05, 3.63) is 0 Å². The molecule has 1 heterocycles. The van der Waals surface area contributed by atoms with Gasteiger partial charge in [-0.15, -0.1) is 11.8 Å². The average molecular weight is 204 g/mol. The van der Waals surface area contributed by atoms with Crippen LogP contribution in [0.3, 0.4) is 0 Å². The first kappa shape index (κ1) is 10.9. The Morgan fingerprint density at radius 1 is 1.69 bits per heavy atom. The maximum absolute atomic E-state index is 11.1. The van der Waals surface area contributed by atoms with Crippen LogP contribution in [0.5, 0.6) is 0 Å². The van der Waals surface area contributed by atoms with Crippen molar-refractivity contribution in [2.24, 2.45) is 0 Å². The quantitative estimate of drug-likeness (QED) is 0.693. The van der Waals surface area contributed by atoms with Crippen LogP contribution in [0, 0.1) is 0 Å². The molecule has 0 bridgehead atoms. The monoisotopic (exact) mass is 204 g/mol. The molecule has 1 aliphatic rings. The highest BCUT2D eigenvalue weighted by atomic mass is 32.2. The fraction of sp³-hybridized carbons (Fsp3) is 0.889. The first-order chi connectivity index (χ1) is 6.21. The van der Waals surface area contributed by atoms with Crippen LogP contribution >= 0.6 is 11.8 Å². The third-order valence-electron chi connectivity index (χ3n) is 2.42. The molecule has 76 valence electrons. The Morgan fingerprint density at radius 3 is 2.92 bits per heavy atom. The maximum atomic E-state index is 11.1. The molecule has 0 spiro atoms. The number of rotatable bonds is 5. The number of carboxylic acid groups (broad SMARTS) is 1. The van der Waals surface area contributed by atoms with Crippen LogP contribution in [0.1, 0.15) is 25.7 Å². The van der Waals surface area contributed by atoms with Crippen LogP contribution in [0.2, 0.25) is 0 Å². The molecule has 1 unspecified atom stereocenters. The normalized spacial score (nSPS) is 27.8. The number of hydrogen-bond acceptors (Lipinski definition) is 3. The minimum atomic E-state index is -0.647. The van der Waals surface area contributed by atoms with Crippen molar-refractivity contribution in [2.45, 2.75) is 30.4 Å². The molecule has 1 fully saturated rings. The van der Waals surface area contributed by atoms with E-state index >= 15 is 0 Å². The summed E-state index contributed by atoms with van der Waals surface area (Å²) in [6.07, 6.45) is 3.43. The van der Waals surface area contributed by atoms with E-state index in [4.69, 9.17) is 9.84 Å². The highest BCUT2D eigenvalue weighted by Gasteiger charge is 2.41. The predicted octanol–water partition coefficient (Wildman–Crippen LogP) is 1.76. The second kappa shape index (κ2) is 4.86. The van der Waals surface area contributed by atoms with E-state index in [2.05, 4.69) is 0 Å². The zero-order valence-electron chi connectivity index (χ0n) is 7.91. The van der Waals surface area contributed by atoms with Gasteiger partial charge in [0.1, 0.15) is 4.75 Å². The average Bonchev–Trinajstić information content (AvgIpc) is 2.55. The molecule has 1 atom stereocenters. The fourth-order valence-electron chi connectivity index (χ4n) is 1.67. The number of thioether (sulfide) groups is 1. The lowest BCUT2D eigenvalue weighted by Gasteiger charge is -2.22. The topological polar surface area (TPSA) is 46.5 Å². The minimum Gasteiger partial charge on any atom is -0.480 e. The second-order valence-electron chi connectivity index (χ2n) is 3.35. The van der Waals surface area contributed by atoms with Crippen molar-refractivity contribution in [3.8, 4) is 0 Å². The molecule has 0 saturated carbocycles. The lowest BCUT2D eigenvalue weighted by atomic mass is 9.98. The highest BCUT2D eigenvalue weighted by Crippen LogP contribution is 2.41. The van der Waals surface area contributed by atoms with Gasteiger partial charge in [-0.2, -0.15) is 0 Å². The Labute approximate surface area is 82.8 Å². The summed E-state index contributed by atoms with van der Waals surface area (Å²) >= 11 is 1.59. The SMILES string of the molecule is COCCCC1(C(=O)O)CCCS1. The molecule has 13 heavy (non-hydrogen) atoms. The summed E-state index contributed by atoms with van der Waals surface area (Å²) in [5.74, 6) is 0.338. The van der Waals surface area contributed by atoms with Crippen LogP contribution in [-0.4, -0.2) is 35.3 Å². The van der Waals surface area contributed by atoms with Crippen molar-refractivity contribution in [1.82, 2.24) is 0 Å². The lowest BCUT2D eigenvalue weighted by Crippen LogP contribution is -2.32. The Kier molecular flexibility index (Phi) is 4.06. The summed E-state index contributed by atoms with van der Waals surface area (Å²) in [6.45, 7) is 0.662. The van der Waals surface area contributed by atoms with Gasteiger partial charge in [-0.1, -0.05) is 0 Å². The molecule has 3 nitrogen and oxygen atoms in total. The van der Waals surface area contributed by atoms with E-state index in [1.165, 1.54) is 0 Å². The Balaban J connectivity index is 2.43. The van der Waals surface area contributed by atoms with Gasteiger partial charge in [0.05, 0.1) is 0 Å². The Morgan fingerprint density at radius 2 is 2.46 bits per heavy atom. The number of aliphatic carboxylic acids is 1. The van der Waals surface area contributed by atoms with Crippen molar-refractivity contribution in [3.63, 3.8) is 0 Å². The summed E-state index contributed by atoms with van der Waals surface area (Å²) < 4.78 is 4.42. The van der Waals surface area contributed by atoms with E-state index in [9.17, 15) is 4.79 Å². The first-order valence-electron chi connectivity index (χ1n) is 4.57. The molecule has 4 heteroatoms. The van der Waals surface area contributed by atoms with E-state index < -0.39 is 10.7 Å². The van der Waals surface area contributed by atoms with E-state index in [0.29, 0.717) is 6.61 Å². The standard InChI is InChI=1S/C9H16O3S/c1-12-6-2-4-9(8(10)11)5-3-7-13-9/h2-7H2,1H3,(H,10,11). The van der Waals surface area contributed by atoms with E-state index in [1.54, 1.807) is 18.9 Å². The summed E-state index contributed by atoms with van der Waals surface area (Å²) in [7, 11) is 1.65. The molecule has 0 aromatic rings. The largest absolute Gasteiger partial charge is 0.480 e. The number of carboxylic acids is 1. The van der Waals surface area contributed by atoms with E-state index in [0.717, 1.165) is 31.4 Å². The minimum absolute atomic E-state index is 0.501. The van der Waals surface area contributed by atoms with Crippen molar-refractivity contribution < 1.29 is 14.6 Å². The molecular formula is C9H16O3S. The van der Waals surface area contributed by atoms with Gasteiger partial charge in [0.25, 0.3) is 0 Å². The third-order valence-corrected chi connectivity index (χ3v) is 4.05. The smallest absolute Gasteiger partial charge is 0.319 e. The number of methoxy groups -OCH3 is 1. The molecule has 0 aromatic heterocycles. The summed E-state index contributed by atoms with van der Waals surface area (Å²) in [5, 5.41) is 9.10. The van der Waals surface area contributed by atoms with Crippen molar-refractivity contribution in [1.29, 1.82) is 0 Å². The predicted molar refractivity (Wildman–Crippen MR) is 53.2 cm³/mol. The van der Waals surface area contributed by atoms with Crippen molar-refractivity contribution in [2.75, 3.05) is 19.5 Å². The van der Waals surface area contributed by atoms with Gasteiger partial charge in [0.15, 0.2) is 0 Å².